The van der Waals surface area contributed by atoms with Crippen molar-refractivity contribution >= 4 is 33.3 Å². The van der Waals surface area contributed by atoms with E-state index < -0.39 is 0 Å². The molecule has 2 N–H and O–H groups in total. The average Bonchev–Trinajstić information content (AvgIpc) is 2.67. The second-order valence-corrected chi connectivity index (χ2v) is 6.45. The third kappa shape index (κ3) is 4.40. The summed E-state index contributed by atoms with van der Waals surface area (Å²) < 4.78 is 6.26. The highest BCUT2D eigenvalue weighted by molar-refractivity contribution is 9.10. The van der Waals surface area contributed by atoms with E-state index in [1.54, 1.807) is 25.4 Å². The van der Waals surface area contributed by atoms with Crippen molar-refractivity contribution in [1.29, 1.82) is 0 Å². The van der Waals surface area contributed by atoms with Gasteiger partial charge in [0.15, 0.2) is 0 Å². The van der Waals surface area contributed by atoms with Crippen LogP contribution in [0.1, 0.15) is 15.9 Å². The highest BCUT2D eigenvalue weighted by atomic mass is 79.9. The molecule has 0 saturated heterocycles. The van der Waals surface area contributed by atoms with Crippen LogP contribution in [-0.2, 0) is 6.54 Å². The Morgan fingerprint density at radius 3 is 2.77 bits per heavy atom. The van der Waals surface area contributed by atoms with E-state index in [0.717, 1.165) is 21.5 Å². The Balaban J connectivity index is 1.75. The van der Waals surface area contributed by atoms with Gasteiger partial charge in [-0.2, -0.15) is 0 Å². The highest BCUT2D eigenvalue weighted by Crippen LogP contribution is 2.22. The Hall–Kier alpha value is -2.86. The number of carbonyl (C=O) groups excluding carboxylic acids is 1. The maximum Gasteiger partial charge on any atom is 0.255 e. The standard InChI is InChI=1S/C20H18BrN3O2/c1-26-18-10-3-2-6-14(18)13-23-20(25)17-9-5-11-22-19(17)24-16-8-4-7-15(21)12-16/h2-12H,13H2,1H3,(H,22,24)(H,23,25). The molecule has 26 heavy (non-hydrogen) atoms. The number of methoxy groups -OCH3 is 1. The molecule has 0 atom stereocenters. The number of aromatic nitrogens is 1. The number of hydrogen-bond donors (Lipinski definition) is 2. The summed E-state index contributed by atoms with van der Waals surface area (Å²) in [7, 11) is 1.61. The number of carbonyl (C=O) groups is 1. The van der Waals surface area contributed by atoms with Gasteiger partial charge in [-0.3, -0.25) is 4.79 Å². The third-order valence-electron chi connectivity index (χ3n) is 3.77. The minimum Gasteiger partial charge on any atom is -0.496 e. The van der Waals surface area contributed by atoms with Crippen molar-refractivity contribution in [3.63, 3.8) is 0 Å². The van der Waals surface area contributed by atoms with Crippen molar-refractivity contribution in [2.75, 3.05) is 12.4 Å². The zero-order valence-electron chi connectivity index (χ0n) is 14.2. The van der Waals surface area contributed by atoms with Crippen molar-refractivity contribution in [1.82, 2.24) is 10.3 Å². The lowest BCUT2D eigenvalue weighted by molar-refractivity contribution is 0.0951. The van der Waals surface area contributed by atoms with Gasteiger partial charge in [0.2, 0.25) is 0 Å². The van der Waals surface area contributed by atoms with Crippen LogP contribution in [0.4, 0.5) is 11.5 Å². The van der Waals surface area contributed by atoms with E-state index in [-0.39, 0.29) is 5.91 Å². The van der Waals surface area contributed by atoms with Crippen molar-refractivity contribution in [2.24, 2.45) is 0 Å². The zero-order chi connectivity index (χ0) is 18.4. The number of pyridine rings is 1. The van der Waals surface area contributed by atoms with Gasteiger partial charge in [0.1, 0.15) is 11.6 Å². The Morgan fingerprint density at radius 1 is 1.12 bits per heavy atom. The molecular weight excluding hydrogens is 394 g/mol. The molecule has 0 unspecified atom stereocenters. The summed E-state index contributed by atoms with van der Waals surface area (Å²) in [6.45, 7) is 0.369. The number of anilines is 2. The summed E-state index contributed by atoms with van der Waals surface area (Å²) in [5.74, 6) is 1.04. The molecule has 3 rings (SSSR count). The van der Waals surface area contributed by atoms with Crippen LogP contribution in [0.3, 0.4) is 0 Å². The molecule has 1 aromatic heterocycles. The van der Waals surface area contributed by atoms with E-state index in [2.05, 4.69) is 31.5 Å². The Morgan fingerprint density at radius 2 is 1.96 bits per heavy atom. The first kappa shape index (κ1) is 17.9. The lowest BCUT2D eigenvalue weighted by atomic mass is 10.2. The molecule has 0 radical (unpaired) electrons. The number of nitrogens with zero attached hydrogens (tertiary/aromatic N) is 1. The summed E-state index contributed by atoms with van der Waals surface area (Å²) in [4.78, 5) is 17.0. The van der Waals surface area contributed by atoms with E-state index in [1.165, 1.54) is 0 Å². The SMILES string of the molecule is COc1ccccc1CNC(=O)c1cccnc1Nc1cccc(Br)c1. The first-order chi connectivity index (χ1) is 12.7. The minimum atomic E-state index is -0.207. The van der Waals surface area contributed by atoms with Crippen LogP contribution < -0.4 is 15.4 Å². The molecule has 2 aromatic carbocycles. The van der Waals surface area contributed by atoms with Gasteiger partial charge >= 0.3 is 0 Å². The predicted molar refractivity (Wildman–Crippen MR) is 106 cm³/mol. The van der Waals surface area contributed by atoms with E-state index in [1.807, 2.05) is 48.5 Å². The first-order valence-electron chi connectivity index (χ1n) is 8.05. The number of nitrogens with one attached hydrogen (secondary N) is 2. The van der Waals surface area contributed by atoms with Crippen LogP contribution in [-0.4, -0.2) is 18.0 Å². The summed E-state index contributed by atoms with van der Waals surface area (Å²) in [6, 6.07) is 18.8. The number of hydrogen-bond acceptors (Lipinski definition) is 4. The van der Waals surface area contributed by atoms with Gasteiger partial charge in [0.05, 0.1) is 12.7 Å². The second kappa shape index (κ2) is 8.49. The first-order valence-corrected chi connectivity index (χ1v) is 8.84. The molecule has 132 valence electrons. The second-order valence-electron chi connectivity index (χ2n) is 5.53. The van der Waals surface area contributed by atoms with E-state index >= 15 is 0 Å². The van der Waals surface area contributed by atoms with Crippen LogP contribution >= 0.6 is 15.9 Å². The summed E-state index contributed by atoms with van der Waals surface area (Å²) in [5, 5.41) is 6.11. The predicted octanol–water partition coefficient (Wildman–Crippen LogP) is 4.53. The van der Waals surface area contributed by atoms with Crippen LogP contribution in [0.2, 0.25) is 0 Å². The van der Waals surface area contributed by atoms with Crippen LogP contribution in [0.5, 0.6) is 5.75 Å². The van der Waals surface area contributed by atoms with Crippen LogP contribution in [0, 0.1) is 0 Å². The van der Waals surface area contributed by atoms with Gasteiger partial charge < -0.3 is 15.4 Å². The van der Waals surface area contributed by atoms with Gasteiger partial charge in [-0.1, -0.05) is 40.2 Å². The Labute approximate surface area is 160 Å². The van der Waals surface area contributed by atoms with Crippen molar-refractivity contribution in [2.45, 2.75) is 6.54 Å². The van der Waals surface area contributed by atoms with Crippen LogP contribution in [0.25, 0.3) is 0 Å². The molecule has 0 aliphatic rings. The fraction of sp³-hybridized carbons (Fsp3) is 0.100. The monoisotopic (exact) mass is 411 g/mol. The third-order valence-corrected chi connectivity index (χ3v) is 4.26. The lowest BCUT2D eigenvalue weighted by Crippen LogP contribution is -2.24. The van der Waals surface area contributed by atoms with E-state index in [9.17, 15) is 4.79 Å². The Bertz CT molecular complexity index is 915. The quantitative estimate of drug-likeness (QED) is 0.625. The van der Waals surface area contributed by atoms with Crippen LogP contribution in [0.15, 0.2) is 71.3 Å². The number of halogens is 1. The molecule has 5 nitrogen and oxygen atoms in total. The number of benzene rings is 2. The summed E-state index contributed by atoms with van der Waals surface area (Å²) in [6.07, 6.45) is 1.65. The van der Waals surface area contributed by atoms with Crippen molar-refractivity contribution in [3.8, 4) is 5.75 Å². The molecule has 1 amide bonds. The maximum absolute atomic E-state index is 12.7. The minimum absolute atomic E-state index is 0.207. The van der Waals surface area contributed by atoms with Gasteiger partial charge in [-0.25, -0.2) is 4.98 Å². The summed E-state index contributed by atoms with van der Waals surface area (Å²) >= 11 is 3.44. The average molecular weight is 412 g/mol. The topological polar surface area (TPSA) is 63.2 Å². The molecule has 0 bridgehead atoms. The smallest absolute Gasteiger partial charge is 0.255 e. The number of rotatable bonds is 6. The van der Waals surface area contributed by atoms with Gasteiger partial charge in [0, 0.05) is 28.5 Å². The largest absolute Gasteiger partial charge is 0.496 e. The van der Waals surface area contributed by atoms with Gasteiger partial charge in [0.25, 0.3) is 5.91 Å². The fourth-order valence-electron chi connectivity index (χ4n) is 2.51. The van der Waals surface area contributed by atoms with E-state index in [4.69, 9.17) is 4.74 Å². The van der Waals surface area contributed by atoms with E-state index in [0.29, 0.717) is 17.9 Å². The van der Waals surface area contributed by atoms with Crippen molar-refractivity contribution in [3.05, 3.63) is 82.5 Å². The van der Waals surface area contributed by atoms with Crippen molar-refractivity contribution < 1.29 is 9.53 Å². The molecule has 6 heteroatoms. The maximum atomic E-state index is 12.7. The molecule has 0 saturated carbocycles. The zero-order valence-corrected chi connectivity index (χ0v) is 15.8. The molecule has 0 aliphatic heterocycles. The molecule has 0 fully saturated rings. The summed E-state index contributed by atoms with van der Waals surface area (Å²) in [5.41, 5.74) is 2.23. The number of amides is 1. The molecule has 0 aliphatic carbocycles. The normalized spacial score (nSPS) is 10.2. The lowest BCUT2D eigenvalue weighted by Gasteiger charge is -2.12. The molecule has 3 aromatic rings. The Kier molecular flexibility index (Phi) is 5.86. The molecule has 1 heterocycles. The molecular formula is C20H18BrN3O2. The van der Waals surface area contributed by atoms with Gasteiger partial charge in [-0.15, -0.1) is 0 Å². The highest BCUT2D eigenvalue weighted by Gasteiger charge is 2.13. The van der Waals surface area contributed by atoms with Gasteiger partial charge in [-0.05, 0) is 36.4 Å². The molecule has 0 spiro atoms. The fourth-order valence-corrected chi connectivity index (χ4v) is 2.91. The number of ether oxygens (including phenoxy) is 1. The number of para-hydroxylation sites is 1.